The van der Waals surface area contributed by atoms with Crippen molar-refractivity contribution in [1.29, 1.82) is 0 Å². The number of rotatable bonds is 2. The molecule has 0 N–H and O–H groups in total. The van der Waals surface area contributed by atoms with Gasteiger partial charge in [0.1, 0.15) is 0 Å². The van der Waals surface area contributed by atoms with Gasteiger partial charge in [0.15, 0.2) is 17.4 Å². The second-order valence-corrected chi connectivity index (χ2v) is 9.65. The average molecular weight is 427 g/mol. The molecule has 2 aromatic rings. The molecule has 2 fully saturated rings. The Bertz CT molecular complexity index is 1140. The van der Waals surface area contributed by atoms with Gasteiger partial charge in [-0.2, -0.15) is 4.31 Å². The number of benzene rings is 2. The lowest BCUT2D eigenvalue weighted by molar-refractivity contribution is -0.280. The van der Waals surface area contributed by atoms with E-state index in [1.54, 1.807) is 24.3 Å². The molecule has 2 saturated heterocycles. The van der Waals surface area contributed by atoms with E-state index >= 15 is 0 Å². The van der Waals surface area contributed by atoms with Crippen LogP contribution in [0.15, 0.2) is 47.4 Å². The van der Waals surface area contributed by atoms with Gasteiger partial charge in [0.2, 0.25) is 10.0 Å². The molecule has 0 unspecified atom stereocenters. The van der Waals surface area contributed by atoms with E-state index in [0.717, 1.165) is 6.42 Å². The number of hydrogen-bond acceptors (Lipinski definition) is 6. The molecule has 0 amide bonds. The molecule has 156 valence electrons. The van der Waals surface area contributed by atoms with E-state index in [4.69, 9.17) is 9.47 Å². The van der Waals surface area contributed by atoms with E-state index in [1.165, 1.54) is 22.5 Å². The Balaban J connectivity index is 1.51. The van der Waals surface area contributed by atoms with Gasteiger partial charge in [-0.05, 0) is 12.5 Å². The quantitative estimate of drug-likeness (QED) is 0.624. The summed E-state index contributed by atoms with van der Waals surface area (Å²) in [6.07, 6.45) is 1.69. The number of ether oxygens (including phenoxy) is 2. The van der Waals surface area contributed by atoms with Crippen molar-refractivity contribution in [2.45, 2.75) is 29.9 Å². The fraction of sp³-hybridized carbons (Fsp3) is 0.364. The zero-order chi connectivity index (χ0) is 20.9. The van der Waals surface area contributed by atoms with Gasteiger partial charge in [-0.15, -0.1) is 0 Å². The topological polar surface area (TPSA) is 90.0 Å². The predicted molar refractivity (Wildman–Crippen MR) is 107 cm³/mol. The first-order chi connectivity index (χ1) is 14.4. The van der Waals surface area contributed by atoms with Crippen LogP contribution < -0.4 is 0 Å². The van der Waals surface area contributed by atoms with E-state index in [9.17, 15) is 18.0 Å². The molecule has 0 saturated carbocycles. The van der Waals surface area contributed by atoms with Crippen molar-refractivity contribution in [2.24, 2.45) is 0 Å². The number of carbonyl (C=O) groups is 2. The minimum absolute atomic E-state index is 0.0355. The molecule has 5 rings (SSSR count). The average Bonchev–Trinajstić information content (AvgIpc) is 2.78. The highest BCUT2D eigenvalue weighted by molar-refractivity contribution is 7.89. The van der Waals surface area contributed by atoms with Crippen LogP contribution in [0.1, 0.15) is 51.1 Å². The van der Waals surface area contributed by atoms with Crippen LogP contribution >= 0.6 is 0 Å². The zero-order valence-corrected chi connectivity index (χ0v) is 17.1. The van der Waals surface area contributed by atoms with Gasteiger partial charge in [-0.1, -0.05) is 36.4 Å². The highest BCUT2D eigenvalue weighted by atomic mass is 32.2. The maximum absolute atomic E-state index is 13.5. The molecule has 1 spiro atoms. The second-order valence-electron chi connectivity index (χ2n) is 7.75. The summed E-state index contributed by atoms with van der Waals surface area (Å²) in [5.74, 6) is -1.49. The Morgan fingerprint density at radius 1 is 0.800 bits per heavy atom. The van der Waals surface area contributed by atoms with Crippen LogP contribution in [-0.4, -0.2) is 56.4 Å². The monoisotopic (exact) mass is 427 g/mol. The maximum Gasteiger partial charge on any atom is 0.243 e. The number of hydrogen-bond donors (Lipinski definition) is 0. The van der Waals surface area contributed by atoms with Crippen LogP contribution in [0.2, 0.25) is 0 Å². The van der Waals surface area contributed by atoms with Gasteiger partial charge in [-0.25, -0.2) is 8.42 Å². The molecule has 3 aliphatic rings. The van der Waals surface area contributed by atoms with E-state index < -0.39 is 21.6 Å². The first-order valence-corrected chi connectivity index (χ1v) is 11.5. The third kappa shape index (κ3) is 2.94. The van der Waals surface area contributed by atoms with Gasteiger partial charge < -0.3 is 9.47 Å². The fourth-order valence-corrected chi connectivity index (χ4v) is 6.09. The first kappa shape index (κ1) is 19.6. The van der Waals surface area contributed by atoms with Crippen LogP contribution in [0.5, 0.6) is 0 Å². The highest BCUT2D eigenvalue weighted by Crippen LogP contribution is 2.36. The highest BCUT2D eigenvalue weighted by Gasteiger charge is 2.43. The second kappa shape index (κ2) is 7.09. The lowest BCUT2D eigenvalue weighted by Gasteiger charge is -2.43. The zero-order valence-electron chi connectivity index (χ0n) is 16.3. The van der Waals surface area contributed by atoms with Crippen molar-refractivity contribution in [3.8, 4) is 0 Å². The summed E-state index contributed by atoms with van der Waals surface area (Å²) in [7, 11) is -3.97. The van der Waals surface area contributed by atoms with Crippen LogP contribution in [0.3, 0.4) is 0 Å². The summed E-state index contributed by atoms with van der Waals surface area (Å²) >= 11 is 0. The van der Waals surface area contributed by atoms with Crippen molar-refractivity contribution < 1.29 is 27.5 Å². The molecule has 0 atom stereocenters. The number of nitrogens with zero attached hydrogens (tertiary/aromatic N) is 1. The summed E-state index contributed by atoms with van der Waals surface area (Å²) in [4.78, 5) is 26.0. The molecule has 2 aromatic carbocycles. The minimum atomic E-state index is -3.97. The Labute approximate surface area is 174 Å². The van der Waals surface area contributed by atoms with Crippen LogP contribution in [0.4, 0.5) is 0 Å². The molecular formula is C22H21NO6S. The summed E-state index contributed by atoms with van der Waals surface area (Å²) in [6, 6.07) is 10.9. The third-order valence-corrected chi connectivity index (χ3v) is 7.98. The Kier molecular flexibility index (Phi) is 4.62. The Morgan fingerprint density at radius 3 is 2.07 bits per heavy atom. The van der Waals surface area contributed by atoms with E-state index in [2.05, 4.69) is 0 Å². The largest absolute Gasteiger partial charge is 0.350 e. The van der Waals surface area contributed by atoms with Gasteiger partial charge in [0, 0.05) is 42.6 Å². The summed E-state index contributed by atoms with van der Waals surface area (Å²) in [6.45, 7) is 1.67. The first-order valence-electron chi connectivity index (χ1n) is 10.0. The van der Waals surface area contributed by atoms with Gasteiger partial charge in [0.25, 0.3) is 0 Å². The molecule has 0 radical (unpaired) electrons. The van der Waals surface area contributed by atoms with Crippen molar-refractivity contribution in [3.05, 3.63) is 64.7 Å². The third-order valence-electron chi connectivity index (χ3n) is 6.04. The maximum atomic E-state index is 13.5. The predicted octanol–water partition coefficient (Wildman–Crippen LogP) is 2.38. The fourth-order valence-electron chi connectivity index (χ4n) is 4.44. The number of fused-ring (bicyclic) bond motifs is 2. The van der Waals surface area contributed by atoms with Crippen LogP contribution in [0, 0.1) is 0 Å². The van der Waals surface area contributed by atoms with Crippen molar-refractivity contribution in [3.63, 3.8) is 0 Å². The standard InChI is InChI=1S/C22H21NO6S/c24-20-15-5-1-2-6-16(15)21(25)19-17(20)7-3-8-18(19)30(26,27)23-11-9-22(10-12-23)28-13-4-14-29-22/h1-3,5-8H,4,9-14H2. The normalized spacial score (nSPS) is 21.3. The molecule has 2 aliphatic heterocycles. The molecule has 8 heteroatoms. The number of sulfonamides is 1. The Hall–Kier alpha value is -2.39. The minimum Gasteiger partial charge on any atom is -0.350 e. The molecule has 1 aliphatic carbocycles. The molecule has 7 nitrogen and oxygen atoms in total. The van der Waals surface area contributed by atoms with Crippen LogP contribution in [-0.2, 0) is 19.5 Å². The molecule has 2 heterocycles. The molecule has 0 bridgehead atoms. The van der Waals surface area contributed by atoms with E-state index in [-0.39, 0.29) is 40.5 Å². The smallest absolute Gasteiger partial charge is 0.243 e. The van der Waals surface area contributed by atoms with Crippen molar-refractivity contribution in [1.82, 2.24) is 4.31 Å². The van der Waals surface area contributed by atoms with Gasteiger partial charge >= 0.3 is 0 Å². The van der Waals surface area contributed by atoms with E-state index in [1.807, 2.05) is 0 Å². The van der Waals surface area contributed by atoms with Crippen molar-refractivity contribution in [2.75, 3.05) is 26.3 Å². The molecular weight excluding hydrogens is 406 g/mol. The summed E-state index contributed by atoms with van der Waals surface area (Å²) < 4.78 is 39.9. The summed E-state index contributed by atoms with van der Waals surface area (Å²) in [5, 5.41) is 0. The van der Waals surface area contributed by atoms with E-state index in [0.29, 0.717) is 31.6 Å². The molecule has 0 aromatic heterocycles. The van der Waals surface area contributed by atoms with Gasteiger partial charge in [-0.3, -0.25) is 9.59 Å². The SMILES string of the molecule is O=C1c2ccccc2C(=O)c2c1cccc2S(=O)(=O)N1CCC2(CC1)OCCCO2. The number of carbonyl (C=O) groups excluding carboxylic acids is 2. The lowest BCUT2D eigenvalue weighted by Crippen LogP contribution is -2.51. The summed E-state index contributed by atoms with van der Waals surface area (Å²) in [5.41, 5.74) is 0.633. The molecule has 30 heavy (non-hydrogen) atoms. The van der Waals surface area contributed by atoms with Gasteiger partial charge in [0.05, 0.1) is 23.7 Å². The number of piperidine rings is 1. The lowest BCUT2D eigenvalue weighted by atomic mass is 9.84. The Morgan fingerprint density at radius 2 is 1.40 bits per heavy atom. The van der Waals surface area contributed by atoms with Crippen LogP contribution in [0.25, 0.3) is 0 Å². The van der Waals surface area contributed by atoms with Crippen molar-refractivity contribution >= 4 is 21.6 Å². The number of ketones is 2.